The number of piperidine rings is 1. The van der Waals surface area contributed by atoms with Gasteiger partial charge in [-0.15, -0.1) is 0 Å². The molecule has 0 saturated carbocycles. The van der Waals surface area contributed by atoms with Gasteiger partial charge in [-0.25, -0.2) is 14.6 Å². The van der Waals surface area contributed by atoms with Crippen LogP contribution in [0.2, 0.25) is 0 Å². The Morgan fingerprint density at radius 3 is 2.53 bits per heavy atom. The number of imide groups is 2. The standard InChI is InChI=1S/C43H53N9O10/c1-4-51-37-31(26-46-29(18-19-43(2,3)58)35(37)48-39(51)36-38(44)50-62-49-36)61-22-9-7-5-6-8-15-32(53)45-20-23-60-25-24-59-21-11-13-27-12-10-14-28-34(27)42(57)52(41(28)56)30-16-17-33(54)47-40(30)55/h10,12,14,26,30,58H,4-9,11,13,15-17,20-25H2,1-3H3,(H2,44,50)(H,45,53)(H,47,54,55). The molecule has 5 N–H and O–H groups in total. The summed E-state index contributed by atoms with van der Waals surface area (Å²) in [5.41, 5.74) is 7.87. The lowest BCUT2D eigenvalue weighted by Gasteiger charge is -2.27. The molecule has 1 saturated heterocycles. The number of nitrogens with zero attached hydrogens (tertiary/aromatic N) is 6. The molecule has 0 spiro atoms. The molecule has 0 radical (unpaired) electrons. The summed E-state index contributed by atoms with van der Waals surface area (Å²) in [5, 5.41) is 22.9. The number of nitrogens with one attached hydrogen (secondary N) is 2. The van der Waals surface area contributed by atoms with Crippen LogP contribution in [-0.2, 0) is 36.8 Å². The topological polar surface area (TPSA) is 256 Å². The Balaban J connectivity index is 0.814. The third-order valence-corrected chi connectivity index (χ3v) is 10.3. The van der Waals surface area contributed by atoms with E-state index in [4.69, 9.17) is 29.6 Å². The molecule has 1 aromatic carbocycles. The molecule has 19 heteroatoms. The van der Waals surface area contributed by atoms with Gasteiger partial charge in [-0.2, -0.15) is 0 Å². The average molecular weight is 856 g/mol. The van der Waals surface area contributed by atoms with Gasteiger partial charge in [-0.3, -0.25) is 34.2 Å². The van der Waals surface area contributed by atoms with E-state index in [1.807, 2.05) is 11.5 Å². The monoisotopic (exact) mass is 855 g/mol. The summed E-state index contributed by atoms with van der Waals surface area (Å²) in [6.07, 6.45) is 7.66. The predicted molar refractivity (Wildman–Crippen MR) is 223 cm³/mol. The van der Waals surface area contributed by atoms with Crippen molar-refractivity contribution in [3.63, 3.8) is 0 Å². The Hall–Kier alpha value is -6.23. The molecule has 62 heavy (non-hydrogen) atoms. The number of nitrogens with two attached hydrogens (primary N) is 1. The summed E-state index contributed by atoms with van der Waals surface area (Å²) >= 11 is 0. The lowest BCUT2D eigenvalue weighted by Crippen LogP contribution is -2.54. The maximum Gasteiger partial charge on any atom is 0.262 e. The van der Waals surface area contributed by atoms with E-state index in [-0.39, 0.29) is 30.1 Å². The zero-order valence-corrected chi connectivity index (χ0v) is 35.3. The summed E-state index contributed by atoms with van der Waals surface area (Å²) in [6, 6.07) is 4.09. The third-order valence-electron chi connectivity index (χ3n) is 10.3. The molecule has 4 aromatic rings. The summed E-state index contributed by atoms with van der Waals surface area (Å²) in [4.78, 5) is 72.8. The molecule has 330 valence electrons. The number of hydrogen-bond acceptors (Lipinski definition) is 15. The number of imidazole rings is 1. The van der Waals surface area contributed by atoms with Crippen LogP contribution in [0, 0.1) is 11.8 Å². The largest absolute Gasteiger partial charge is 0.490 e. The highest BCUT2D eigenvalue weighted by Crippen LogP contribution is 2.34. The molecule has 2 aliphatic rings. The minimum atomic E-state index is -1.22. The molecule has 0 aliphatic carbocycles. The second kappa shape index (κ2) is 21.0. The number of unbranched alkanes of at least 4 members (excludes halogenated alkanes) is 4. The maximum atomic E-state index is 13.3. The number of aryl methyl sites for hydroxylation is 2. The Morgan fingerprint density at radius 1 is 1.02 bits per heavy atom. The number of carbonyl (C=O) groups excluding carboxylic acids is 5. The van der Waals surface area contributed by atoms with Crippen molar-refractivity contribution >= 4 is 46.4 Å². The molecule has 6 rings (SSSR count). The van der Waals surface area contributed by atoms with Crippen LogP contribution in [0.5, 0.6) is 5.75 Å². The number of amides is 5. The fraction of sp³-hybridized carbons (Fsp3) is 0.512. The van der Waals surface area contributed by atoms with Crippen LogP contribution in [0.15, 0.2) is 29.0 Å². The molecular formula is C43H53N9O10. The number of aromatic nitrogens is 5. The van der Waals surface area contributed by atoms with Gasteiger partial charge in [-0.1, -0.05) is 37.3 Å². The quantitative estimate of drug-likeness (QED) is 0.0503. The number of fused-ring (bicyclic) bond motifs is 2. The van der Waals surface area contributed by atoms with E-state index in [0.717, 1.165) is 37.0 Å². The molecule has 3 aromatic heterocycles. The van der Waals surface area contributed by atoms with Crippen LogP contribution < -0.4 is 21.1 Å². The van der Waals surface area contributed by atoms with E-state index >= 15 is 0 Å². The molecule has 5 heterocycles. The van der Waals surface area contributed by atoms with Crippen molar-refractivity contribution < 1.29 is 47.9 Å². The molecule has 1 atom stereocenters. The van der Waals surface area contributed by atoms with Crippen molar-refractivity contribution in [2.24, 2.45) is 0 Å². The van der Waals surface area contributed by atoms with E-state index in [1.54, 1.807) is 38.2 Å². The van der Waals surface area contributed by atoms with Crippen LogP contribution in [-0.4, -0.2) is 116 Å². The second-order valence-electron chi connectivity index (χ2n) is 15.5. The number of ether oxygens (including phenoxy) is 3. The number of pyridine rings is 1. The number of carbonyl (C=O) groups is 5. The Kier molecular flexibility index (Phi) is 15.4. The number of benzene rings is 1. The molecule has 0 bridgehead atoms. The number of aliphatic hydroxyl groups is 1. The van der Waals surface area contributed by atoms with Crippen molar-refractivity contribution in [1.29, 1.82) is 0 Å². The molecule has 1 fully saturated rings. The molecule has 2 aliphatic heterocycles. The number of nitrogen functional groups attached to an aromatic ring is 1. The molecular weight excluding hydrogens is 803 g/mol. The van der Waals surface area contributed by atoms with Crippen molar-refractivity contribution in [2.75, 3.05) is 45.3 Å². The van der Waals surface area contributed by atoms with Gasteiger partial charge in [0.2, 0.25) is 17.7 Å². The fourth-order valence-corrected chi connectivity index (χ4v) is 7.29. The Bertz CT molecular complexity index is 2340. The highest BCUT2D eigenvalue weighted by Gasteiger charge is 2.45. The minimum absolute atomic E-state index is 0.0248. The van der Waals surface area contributed by atoms with Gasteiger partial charge in [0.15, 0.2) is 23.1 Å². The van der Waals surface area contributed by atoms with E-state index in [1.165, 1.54) is 0 Å². The lowest BCUT2D eigenvalue weighted by molar-refractivity contribution is -0.136. The second-order valence-corrected chi connectivity index (χ2v) is 15.5. The first-order valence-corrected chi connectivity index (χ1v) is 21.0. The predicted octanol–water partition coefficient (Wildman–Crippen LogP) is 3.11. The molecule has 5 amide bonds. The first-order chi connectivity index (χ1) is 29.9. The van der Waals surface area contributed by atoms with E-state index in [0.29, 0.717) is 111 Å². The van der Waals surface area contributed by atoms with Crippen molar-refractivity contribution in [2.45, 2.75) is 103 Å². The van der Waals surface area contributed by atoms with Gasteiger partial charge < -0.3 is 34.9 Å². The van der Waals surface area contributed by atoms with Gasteiger partial charge in [0, 0.05) is 32.5 Å². The highest BCUT2D eigenvalue weighted by molar-refractivity contribution is 6.24. The normalized spacial score (nSPS) is 15.2. The minimum Gasteiger partial charge on any atom is -0.490 e. The SMILES string of the molecule is CCn1c(-c2nonc2N)nc2c(C#CC(C)(C)O)ncc(OCCCCCCCC(=O)NCCOCCOCCCc3cccc4c3C(=O)N(C3CCC(=O)NC3=O)C4=O)c21. The number of anilines is 1. The van der Waals surface area contributed by atoms with Crippen LogP contribution in [0.3, 0.4) is 0 Å². The van der Waals surface area contributed by atoms with Gasteiger partial charge in [0.1, 0.15) is 28.4 Å². The number of rotatable bonds is 22. The first-order valence-electron chi connectivity index (χ1n) is 21.0. The van der Waals surface area contributed by atoms with Gasteiger partial charge in [-0.05, 0) is 80.7 Å². The lowest BCUT2D eigenvalue weighted by atomic mass is 9.99. The van der Waals surface area contributed by atoms with Crippen LogP contribution in [0.1, 0.15) is 111 Å². The van der Waals surface area contributed by atoms with E-state index in [9.17, 15) is 29.1 Å². The van der Waals surface area contributed by atoms with Crippen molar-refractivity contribution in [3.8, 4) is 29.1 Å². The molecule has 19 nitrogen and oxygen atoms in total. The first kappa shape index (κ1) is 45.3. The highest BCUT2D eigenvalue weighted by atomic mass is 16.6. The molecule has 1 unspecified atom stereocenters. The van der Waals surface area contributed by atoms with Crippen LogP contribution in [0.25, 0.3) is 22.6 Å². The summed E-state index contributed by atoms with van der Waals surface area (Å²) in [6.45, 7) is 7.99. The summed E-state index contributed by atoms with van der Waals surface area (Å²) < 4.78 is 24.2. The van der Waals surface area contributed by atoms with Crippen LogP contribution in [0.4, 0.5) is 5.82 Å². The summed E-state index contributed by atoms with van der Waals surface area (Å²) in [7, 11) is 0. The number of hydrogen-bond donors (Lipinski definition) is 4. The smallest absolute Gasteiger partial charge is 0.262 e. The average Bonchev–Trinajstić information content (AvgIpc) is 3.92. The summed E-state index contributed by atoms with van der Waals surface area (Å²) in [5.74, 6) is 4.68. The Labute approximate surface area is 358 Å². The Morgan fingerprint density at radius 2 is 1.79 bits per heavy atom. The zero-order chi connectivity index (χ0) is 44.2. The van der Waals surface area contributed by atoms with Crippen LogP contribution >= 0.6 is 0 Å². The van der Waals surface area contributed by atoms with Gasteiger partial charge >= 0.3 is 0 Å². The zero-order valence-electron chi connectivity index (χ0n) is 35.3. The van der Waals surface area contributed by atoms with E-state index in [2.05, 4.69) is 37.8 Å². The van der Waals surface area contributed by atoms with Gasteiger partial charge in [0.05, 0.1) is 43.8 Å². The maximum absolute atomic E-state index is 13.3. The van der Waals surface area contributed by atoms with Gasteiger partial charge in [0.25, 0.3) is 11.8 Å². The van der Waals surface area contributed by atoms with E-state index < -0.39 is 35.3 Å². The fourth-order valence-electron chi connectivity index (χ4n) is 7.29. The third kappa shape index (κ3) is 11.2. The van der Waals surface area contributed by atoms with Crippen molar-refractivity contribution in [1.82, 2.24) is 40.4 Å². The van der Waals surface area contributed by atoms with Crippen molar-refractivity contribution in [3.05, 3.63) is 46.8 Å².